The molecule has 128 valence electrons. The molecule has 1 aromatic rings. The van der Waals surface area contributed by atoms with Crippen molar-refractivity contribution in [2.24, 2.45) is 16.1 Å². The lowest BCUT2D eigenvalue weighted by Gasteiger charge is -2.55. The number of para-hydroxylation sites is 1. The number of guanidine groups is 1. The molecule has 1 aromatic carbocycles. The Bertz CT molecular complexity index is 518. The van der Waals surface area contributed by atoms with Gasteiger partial charge in [-0.15, -0.1) is 24.0 Å². The zero-order valence-electron chi connectivity index (χ0n) is 13.5. The summed E-state index contributed by atoms with van der Waals surface area (Å²) in [6.07, 6.45) is 3.25. The van der Waals surface area contributed by atoms with E-state index in [4.69, 9.17) is 20.2 Å². The van der Waals surface area contributed by atoms with Crippen LogP contribution in [0.2, 0.25) is 0 Å². The molecule has 2 aliphatic rings. The fourth-order valence-electron chi connectivity index (χ4n) is 3.62. The Kier molecular flexibility index (Phi) is 6.67. The van der Waals surface area contributed by atoms with Gasteiger partial charge in [-0.25, -0.2) is 4.99 Å². The lowest BCUT2D eigenvalue weighted by molar-refractivity contribution is -0.163. The molecule has 1 spiro atoms. The van der Waals surface area contributed by atoms with E-state index in [1.165, 1.54) is 0 Å². The van der Waals surface area contributed by atoms with Crippen molar-refractivity contribution in [3.8, 4) is 0 Å². The van der Waals surface area contributed by atoms with Gasteiger partial charge >= 0.3 is 0 Å². The van der Waals surface area contributed by atoms with Gasteiger partial charge in [-0.05, 0) is 38.3 Å². The topological polar surface area (TPSA) is 68.9 Å². The number of rotatable bonds is 4. The summed E-state index contributed by atoms with van der Waals surface area (Å²) in [5.74, 6) is 0.483. The Hall–Kier alpha value is -0.860. The van der Waals surface area contributed by atoms with Crippen LogP contribution in [0.4, 0.5) is 5.69 Å². The normalized spacial score (nSPS) is 26.2. The van der Waals surface area contributed by atoms with Gasteiger partial charge in [-0.3, -0.25) is 0 Å². The lowest BCUT2D eigenvalue weighted by atomic mass is 9.58. The molecule has 5 nitrogen and oxygen atoms in total. The number of anilines is 1. The minimum Gasteiger partial charge on any atom is -0.381 e. The fourth-order valence-corrected chi connectivity index (χ4v) is 3.62. The van der Waals surface area contributed by atoms with Crippen molar-refractivity contribution in [2.45, 2.75) is 38.3 Å². The maximum Gasteiger partial charge on any atom is 0.193 e. The number of nitrogens with two attached hydrogens (primary N) is 1. The Morgan fingerprint density at radius 3 is 2.70 bits per heavy atom. The van der Waals surface area contributed by atoms with Crippen LogP contribution in [0.25, 0.3) is 0 Å². The third-order valence-corrected chi connectivity index (χ3v) is 4.87. The summed E-state index contributed by atoms with van der Waals surface area (Å²) in [6, 6.07) is 10.1. The van der Waals surface area contributed by atoms with Crippen molar-refractivity contribution < 1.29 is 9.47 Å². The van der Waals surface area contributed by atoms with E-state index in [0.717, 1.165) is 44.8 Å². The summed E-state index contributed by atoms with van der Waals surface area (Å²) < 4.78 is 11.4. The first-order valence-electron chi connectivity index (χ1n) is 8.09. The van der Waals surface area contributed by atoms with E-state index in [-0.39, 0.29) is 35.4 Å². The number of hydrogen-bond acceptors (Lipinski definition) is 3. The first-order valence-corrected chi connectivity index (χ1v) is 8.09. The molecule has 1 aliphatic carbocycles. The molecule has 0 bridgehead atoms. The van der Waals surface area contributed by atoms with Crippen LogP contribution in [0.3, 0.4) is 0 Å². The quantitative estimate of drug-likeness (QED) is 0.437. The number of nitrogens with zero attached hydrogens (tertiary/aromatic N) is 1. The van der Waals surface area contributed by atoms with Crippen LogP contribution in [0.15, 0.2) is 35.3 Å². The highest BCUT2D eigenvalue weighted by Gasteiger charge is 2.56. The highest BCUT2D eigenvalue weighted by molar-refractivity contribution is 14.0. The average molecular weight is 431 g/mol. The van der Waals surface area contributed by atoms with E-state index in [1.54, 1.807) is 0 Å². The van der Waals surface area contributed by atoms with Gasteiger partial charge in [0.05, 0.1) is 12.1 Å². The molecular formula is C17H26IN3O2. The predicted molar refractivity (Wildman–Crippen MR) is 103 cm³/mol. The summed E-state index contributed by atoms with van der Waals surface area (Å²) in [5.41, 5.74) is 7.16. The van der Waals surface area contributed by atoms with Crippen LogP contribution >= 0.6 is 24.0 Å². The summed E-state index contributed by atoms with van der Waals surface area (Å²) in [4.78, 5) is 4.73. The Morgan fingerprint density at radius 2 is 2.04 bits per heavy atom. The molecule has 0 aromatic heterocycles. The largest absolute Gasteiger partial charge is 0.381 e. The first-order chi connectivity index (χ1) is 10.7. The summed E-state index contributed by atoms with van der Waals surface area (Å²) in [7, 11) is 0. The Balaban J connectivity index is 0.00000192. The van der Waals surface area contributed by atoms with Crippen molar-refractivity contribution in [3.63, 3.8) is 0 Å². The third-order valence-electron chi connectivity index (χ3n) is 4.87. The second kappa shape index (κ2) is 8.30. The molecule has 23 heavy (non-hydrogen) atoms. The van der Waals surface area contributed by atoms with Gasteiger partial charge in [0.2, 0.25) is 0 Å². The van der Waals surface area contributed by atoms with Crippen LogP contribution in [0, 0.1) is 5.41 Å². The Morgan fingerprint density at radius 1 is 1.35 bits per heavy atom. The zero-order chi connectivity index (χ0) is 15.4. The molecule has 1 heterocycles. The van der Waals surface area contributed by atoms with Gasteiger partial charge in [0, 0.05) is 30.9 Å². The van der Waals surface area contributed by atoms with Crippen molar-refractivity contribution in [3.05, 3.63) is 30.3 Å². The van der Waals surface area contributed by atoms with Crippen molar-refractivity contribution in [1.82, 2.24) is 0 Å². The number of benzene rings is 1. The molecule has 1 saturated heterocycles. The van der Waals surface area contributed by atoms with Gasteiger partial charge in [-0.1, -0.05) is 18.2 Å². The van der Waals surface area contributed by atoms with Crippen LogP contribution < -0.4 is 11.1 Å². The molecular weight excluding hydrogens is 405 g/mol. The molecule has 2 unspecified atom stereocenters. The minimum absolute atomic E-state index is 0. The van der Waals surface area contributed by atoms with Crippen LogP contribution in [0.5, 0.6) is 0 Å². The van der Waals surface area contributed by atoms with Crippen LogP contribution in [-0.4, -0.2) is 37.9 Å². The highest BCUT2D eigenvalue weighted by atomic mass is 127. The third kappa shape index (κ3) is 3.97. The molecule has 1 aliphatic heterocycles. The van der Waals surface area contributed by atoms with Crippen LogP contribution in [-0.2, 0) is 9.47 Å². The van der Waals surface area contributed by atoms with Gasteiger partial charge < -0.3 is 20.5 Å². The monoisotopic (exact) mass is 431 g/mol. The number of hydrogen-bond donors (Lipinski definition) is 2. The number of nitrogens with one attached hydrogen (secondary N) is 1. The van der Waals surface area contributed by atoms with Crippen molar-refractivity contribution >= 4 is 35.6 Å². The van der Waals surface area contributed by atoms with Gasteiger partial charge in [0.15, 0.2) is 5.96 Å². The van der Waals surface area contributed by atoms with Gasteiger partial charge in [0.25, 0.3) is 0 Å². The number of ether oxygens (including phenoxy) is 2. The van der Waals surface area contributed by atoms with Gasteiger partial charge in [0.1, 0.15) is 0 Å². The second-order valence-electron chi connectivity index (χ2n) is 6.05. The summed E-state index contributed by atoms with van der Waals surface area (Å²) in [6.45, 7) is 4.39. The molecule has 2 atom stereocenters. The van der Waals surface area contributed by atoms with E-state index in [2.05, 4.69) is 12.2 Å². The summed E-state index contributed by atoms with van der Waals surface area (Å²) in [5, 5.41) is 3.17. The van der Waals surface area contributed by atoms with Crippen LogP contribution in [0.1, 0.15) is 26.2 Å². The van der Waals surface area contributed by atoms with E-state index in [1.807, 2.05) is 30.3 Å². The Labute approximate surface area is 155 Å². The summed E-state index contributed by atoms with van der Waals surface area (Å²) >= 11 is 0. The lowest BCUT2D eigenvalue weighted by Crippen LogP contribution is -2.60. The predicted octanol–water partition coefficient (Wildman–Crippen LogP) is 3.01. The smallest absolute Gasteiger partial charge is 0.193 e. The molecule has 0 amide bonds. The molecule has 3 rings (SSSR count). The highest BCUT2D eigenvalue weighted by Crippen LogP contribution is 2.52. The maximum absolute atomic E-state index is 6.09. The molecule has 1 saturated carbocycles. The van der Waals surface area contributed by atoms with Crippen molar-refractivity contribution in [1.29, 1.82) is 0 Å². The number of aliphatic imine (C=N–C) groups is 1. The second-order valence-corrected chi connectivity index (χ2v) is 6.05. The molecule has 3 N–H and O–H groups in total. The molecule has 6 heteroatoms. The van der Waals surface area contributed by atoms with Gasteiger partial charge in [-0.2, -0.15) is 0 Å². The van der Waals surface area contributed by atoms with E-state index in [9.17, 15) is 0 Å². The maximum atomic E-state index is 6.09. The molecule has 2 fully saturated rings. The average Bonchev–Trinajstić information content (AvgIpc) is 2.55. The standard InChI is InChI=1S/C17H25N3O2.HI/c1-2-22-15-12-14(17(15)8-10-21-11-9-17)20-16(18)19-13-6-4-3-5-7-13;/h3-7,14-15H,2,8-12H2,1H3,(H3,18,19,20);1H. The van der Waals surface area contributed by atoms with E-state index >= 15 is 0 Å². The minimum atomic E-state index is 0. The number of halogens is 1. The zero-order valence-corrected chi connectivity index (χ0v) is 15.9. The van der Waals surface area contributed by atoms with Crippen molar-refractivity contribution in [2.75, 3.05) is 25.1 Å². The fraction of sp³-hybridized carbons (Fsp3) is 0.588. The van der Waals surface area contributed by atoms with E-state index < -0.39 is 0 Å². The molecule has 0 radical (unpaired) electrons. The SMILES string of the molecule is CCOC1CC(N=C(N)Nc2ccccc2)C12CCOCC2.I. The van der Waals surface area contributed by atoms with E-state index in [0.29, 0.717) is 12.1 Å². The first kappa shape index (κ1) is 18.5.